The number of nitro groups is 1. The quantitative estimate of drug-likeness (QED) is 0.0126. The zero-order chi connectivity index (χ0) is 44.6. The zero-order valence-corrected chi connectivity index (χ0v) is 38.5. The highest BCUT2D eigenvalue weighted by Crippen LogP contribution is 2.38. The first kappa shape index (κ1) is 53.7. The molecule has 0 amide bonds. The van der Waals surface area contributed by atoms with Crippen LogP contribution in [0.25, 0.3) is 11.0 Å². The van der Waals surface area contributed by atoms with E-state index in [9.17, 15) is 29.2 Å². The molecule has 0 saturated carbocycles. The summed E-state index contributed by atoms with van der Waals surface area (Å²) in [6.45, 7) is 2.52. The van der Waals surface area contributed by atoms with Crippen LogP contribution in [-0.4, -0.2) is 91.8 Å². The maximum atomic E-state index is 12.7. The molecule has 0 fully saturated rings. The van der Waals surface area contributed by atoms with E-state index < -0.39 is 37.4 Å². The van der Waals surface area contributed by atoms with Crippen molar-refractivity contribution in [3.63, 3.8) is 0 Å². The van der Waals surface area contributed by atoms with Crippen LogP contribution >= 0.6 is 7.82 Å². The number of nitrogens with one attached hydrogen (secondary N) is 1. The maximum absolute atomic E-state index is 12.7. The number of carbonyl (C=O) groups is 2. The van der Waals surface area contributed by atoms with Crippen LogP contribution in [0.4, 0.5) is 11.4 Å². The monoisotopic (exact) mass is 882 g/mol. The lowest BCUT2D eigenvalue weighted by molar-refractivity contribution is -0.870. The van der Waals surface area contributed by atoms with Gasteiger partial charge in [0.25, 0.3) is 7.82 Å². The number of quaternary nitrogens is 1. The van der Waals surface area contributed by atoms with Gasteiger partial charge >= 0.3 is 17.6 Å². The molecule has 0 spiro atoms. The number of phosphoric acid groups is 1. The number of aromatic nitrogens is 2. The number of benzene rings is 1. The minimum atomic E-state index is -4.67. The Balaban J connectivity index is 1.60. The Morgan fingerprint density at radius 2 is 1.31 bits per heavy atom. The summed E-state index contributed by atoms with van der Waals surface area (Å²) in [7, 11) is 1.06. The minimum Gasteiger partial charge on any atom is -0.756 e. The van der Waals surface area contributed by atoms with Crippen molar-refractivity contribution in [1.29, 1.82) is 0 Å². The van der Waals surface area contributed by atoms with Gasteiger partial charge in [-0.2, -0.15) is 0 Å². The molecule has 2 rings (SSSR count). The van der Waals surface area contributed by atoms with E-state index in [4.69, 9.17) is 23.2 Å². The SMILES string of the molecule is CCCCCCCC/C=C/CCCCCCCC(=O)OCC(COP(=O)([O-])OCC[N+](C)(C)C)OC(=O)CCCCCCCCCCCNc1ccc([N+](=O)[O-])c2nonc12. The van der Waals surface area contributed by atoms with Gasteiger partial charge in [0.2, 0.25) is 5.52 Å². The molecule has 2 unspecified atom stereocenters. The van der Waals surface area contributed by atoms with E-state index >= 15 is 0 Å². The molecule has 0 aliphatic carbocycles. The van der Waals surface area contributed by atoms with E-state index in [0.717, 1.165) is 89.9 Å². The molecule has 0 aliphatic heterocycles. The number of nitrogens with zero attached hydrogens (tertiary/aromatic N) is 4. The number of likely N-dealkylation sites (N-methyl/N-ethyl adjacent to an activating group) is 1. The summed E-state index contributed by atoms with van der Waals surface area (Å²) in [5, 5.41) is 21.9. The van der Waals surface area contributed by atoms with Crippen LogP contribution in [0.15, 0.2) is 28.9 Å². The molecule has 1 aromatic carbocycles. The first-order valence-corrected chi connectivity index (χ1v) is 24.3. The molecule has 0 saturated heterocycles. The summed E-state index contributed by atoms with van der Waals surface area (Å²) in [4.78, 5) is 48.3. The van der Waals surface area contributed by atoms with E-state index in [1.54, 1.807) is 6.07 Å². The summed E-state index contributed by atoms with van der Waals surface area (Å²) in [6, 6.07) is 3.01. The molecular weight excluding hydrogens is 805 g/mol. The number of non-ortho nitro benzene ring substituents is 1. The van der Waals surface area contributed by atoms with Gasteiger partial charge in [0.1, 0.15) is 19.8 Å². The van der Waals surface area contributed by atoms with Crippen LogP contribution in [0.1, 0.15) is 161 Å². The summed E-state index contributed by atoms with van der Waals surface area (Å²) in [5.41, 5.74) is 0.988. The molecule has 0 radical (unpaired) electrons. The topological polar surface area (TPSA) is 205 Å². The van der Waals surface area contributed by atoms with E-state index in [1.165, 1.54) is 44.6 Å². The lowest BCUT2D eigenvalue weighted by Gasteiger charge is -2.28. The Labute approximate surface area is 364 Å². The van der Waals surface area contributed by atoms with Crippen molar-refractivity contribution < 1.29 is 51.6 Å². The smallest absolute Gasteiger partial charge is 0.306 e. The average molecular weight is 882 g/mol. The highest BCUT2D eigenvalue weighted by atomic mass is 31.2. The van der Waals surface area contributed by atoms with Gasteiger partial charge in [0.15, 0.2) is 11.6 Å². The molecule has 1 aromatic heterocycles. The molecule has 1 heterocycles. The Kier molecular flexibility index (Phi) is 28.4. The number of ether oxygens (including phenoxy) is 2. The number of hydrogen-bond donors (Lipinski definition) is 1. The molecule has 61 heavy (non-hydrogen) atoms. The molecule has 348 valence electrons. The first-order chi connectivity index (χ1) is 29.3. The molecule has 0 bridgehead atoms. The molecule has 17 heteroatoms. The largest absolute Gasteiger partial charge is 0.756 e. The molecule has 16 nitrogen and oxygen atoms in total. The fourth-order valence-corrected chi connectivity index (χ4v) is 7.32. The van der Waals surface area contributed by atoms with E-state index in [0.29, 0.717) is 41.6 Å². The normalized spacial score (nSPS) is 13.4. The van der Waals surface area contributed by atoms with Gasteiger partial charge in [0, 0.05) is 25.5 Å². The highest BCUT2D eigenvalue weighted by Gasteiger charge is 2.22. The summed E-state index contributed by atoms with van der Waals surface area (Å²) in [5.74, 6) is -0.926. The van der Waals surface area contributed by atoms with Crippen molar-refractivity contribution in [3.8, 4) is 0 Å². The number of phosphoric ester groups is 1. The van der Waals surface area contributed by atoms with Crippen molar-refractivity contribution in [1.82, 2.24) is 10.3 Å². The molecule has 2 aromatic rings. The average Bonchev–Trinajstić information content (AvgIpc) is 3.70. The van der Waals surface area contributed by atoms with Gasteiger partial charge in [-0.05, 0) is 61.3 Å². The number of allylic oxidation sites excluding steroid dienone is 2. The van der Waals surface area contributed by atoms with Gasteiger partial charge < -0.3 is 33.2 Å². The number of hydrogen-bond acceptors (Lipinski definition) is 14. The van der Waals surface area contributed by atoms with Crippen molar-refractivity contribution in [2.75, 3.05) is 59.4 Å². The number of rotatable bonds is 39. The molecule has 2 atom stereocenters. The van der Waals surface area contributed by atoms with Crippen LogP contribution in [-0.2, 0) is 32.7 Å². The second-order valence-electron chi connectivity index (χ2n) is 16.9. The van der Waals surface area contributed by atoms with Crippen LogP contribution in [0.3, 0.4) is 0 Å². The third-order valence-electron chi connectivity index (χ3n) is 10.3. The van der Waals surface area contributed by atoms with E-state index in [2.05, 4.69) is 34.7 Å². The summed E-state index contributed by atoms with van der Waals surface area (Å²) in [6.07, 6.45) is 27.7. The van der Waals surface area contributed by atoms with Crippen molar-refractivity contribution in [3.05, 3.63) is 34.4 Å². The number of fused-ring (bicyclic) bond motifs is 1. The van der Waals surface area contributed by atoms with Gasteiger partial charge in [-0.3, -0.25) is 24.3 Å². The van der Waals surface area contributed by atoms with Crippen LogP contribution in [0, 0.1) is 10.1 Å². The number of esters is 2. The van der Waals surface area contributed by atoms with Crippen molar-refractivity contribution >= 4 is 42.2 Å². The molecule has 1 N–H and O–H groups in total. The number of carbonyl (C=O) groups excluding carboxylic acids is 2. The first-order valence-electron chi connectivity index (χ1n) is 22.9. The van der Waals surface area contributed by atoms with E-state index in [1.807, 2.05) is 21.1 Å². The highest BCUT2D eigenvalue weighted by molar-refractivity contribution is 7.45. The van der Waals surface area contributed by atoms with Gasteiger partial charge in [-0.25, -0.2) is 4.63 Å². The van der Waals surface area contributed by atoms with Crippen molar-refractivity contribution in [2.45, 2.75) is 167 Å². The van der Waals surface area contributed by atoms with Crippen molar-refractivity contribution in [2.24, 2.45) is 0 Å². The second kappa shape index (κ2) is 32.3. The fourth-order valence-electron chi connectivity index (χ4n) is 6.60. The third-order valence-corrected chi connectivity index (χ3v) is 11.2. The van der Waals surface area contributed by atoms with Gasteiger partial charge in [-0.1, -0.05) is 115 Å². The molecule has 0 aliphatic rings. The standard InChI is InChI=1S/C44H76N5O11P/c1-5-6-7-8-9-10-11-12-13-14-15-17-20-23-26-29-41(50)56-36-38(37-58-61(54,55)57-35-34-49(2,3)4)59-42(51)30-27-24-21-18-16-19-22-25-28-33-45-39-31-32-40(48(52)53)44-43(39)46-60-47-44/h12-13,31-32,38H,5-11,14-30,33-37H2,1-4H3,(H-,45,47,54,55)/b13-12+. The number of unbranched alkanes of at least 4 members (excludes halogenated alkanes) is 19. The number of nitro benzene ring substituents is 1. The van der Waals surface area contributed by atoms with Crippen LogP contribution < -0.4 is 10.2 Å². The fraction of sp³-hybridized carbons (Fsp3) is 0.773. The predicted molar refractivity (Wildman–Crippen MR) is 236 cm³/mol. The number of anilines is 1. The van der Waals surface area contributed by atoms with Crippen LogP contribution in [0.2, 0.25) is 0 Å². The van der Waals surface area contributed by atoms with Crippen LogP contribution in [0.5, 0.6) is 0 Å². The van der Waals surface area contributed by atoms with Gasteiger partial charge in [-0.15, -0.1) is 0 Å². The Hall–Kier alpha value is -3.43. The minimum absolute atomic E-state index is 0.0599. The van der Waals surface area contributed by atoms with E-state index in [-0.39, 0.29) is 37.3 Å². The van der Waals surface area contributed by atoms with Gasteiger partial charge in [0.05, 0.1) is 38.4 Å². The third kappa shape index (κ3) is 27.3. The predicted octanol–water partition coefficient (Wildman–Crippen LogP) is 10.1. The zero-order valence-electron chi connectivity index (χ0n) is 37.6. The molecular formula is C44H76N5O11P. The lowest BCUT2D eigenvalue weighted by atomic mass is 10.1. The summed E-state index contributed by atoms with van der Waals surface area (Å²) < 4.78 is 38.6. The maximum Gasteiger partial charge on any atom is 0.306 e. The summed E-state index contributed by atoms with van der Waals surface area (Å²) >= 11 is 0. The second-order valence-corrected chi connectivity index (χ2v) is 18.3. The Morgan fingerprint density at radius 3 is 1.90 bits per heavy atom. The lowest BCUT2D eigenvalue weighted by Crippen LogP contribution is -2.37. The Bertz CT molecular complexity index is 1580. The Morgan fingerprint density at radius 1 is 0.770 bits per heavy atom.